The van der Waals surface area contributed by atoms with Gasteiger partial charge in [-0.05, 0) is 48.4 Å². The lowest BCUT2D eigenvalue weighted by atomic mass is 9.94. The van der Waals surface area contributed by atoms with Gasteiger partial charge in [0.15, 0.2) is 15.6 Å². The Bertz CT molecular complexity index is 1100. The van der Waals surface area contributed by atoms with Crippen molar-refractivity contribution in [3.63, 3.8) is 0 Å². The molecule has 0 spiro atoms. The Labute approximate surface area is 185 Å². The third-order valence-corrected chi connectivity index (χ3v) is 6.41. The number of carbonyl (C=O) groups is 3. The number of hydrogen-bond acceptors (Lipinski definition) is 10. The standard InChI is InChI=1S/C21H24N4O6S/c22-17-3-1-2-4-19(17)32(29,30)12-10-16(20(27)18(23)9-11-26)21(28)31-15-7-5-14(6-8-15)13-25-24/h1-8,11,13,16,18H,9-10,12,22-24H2. The van der Waals surface area contributed by atoms with E-state index in [9.17, 15) is 22.8 Å². The second-order valence-corrected chi connectivity index (χ2v) is 8.96. The largest absolute Gasteiger partial charge is 0.426 e. The minimum absolute atomic E-state index is 0.0525. The van der Waals surface area contributed by atoms with Crippen molar-refractivity contribution < 1.29 is 27.5 Å². The van der Waals surface area contributed by atoms with Gasteiger partial charge in [0, 0.05) is 6.42 Å². The number of Topliss-reactive ketones (excluding diaryl/α,β-unsaturated/α-hetero) is 1. The number of nitrogen functional groups attached to an aromatic ring is 1. The molecular formula is C21H24N4O6S. The number of hydrazone groups is 1. The van der Waals surface area contributed by atoms with Crippen LogP contribution in [0.4, 0.5) is 5.69 Å². The monoisotopic (exact) mass is 460 g/mol. The van der Waals surface area contributed by atoms with E-state index in [-0.39, 0.29) is 22.8 Å². The van der Waals surface area contributed by atoms with Crippen molar-refractivity contribution in [1.82, 2.24) is 0 Å². The summed E-state index contributed by atoms with van der Waals surface area (Å²) >= 11 is 0. The Morgan fingerprint density at radius 3 is 2.34 bits per heavy atom. The maximum absolute atomic E-state index is 12.7. The lowest BCUT2D eigenvalue weighted by Crippen LogP contribution is -2.41. The van der Waals surface area contributed by atoms with Crippen molar-refractivity contribution >= 4 is 39.8 Å². The fourth-order valence-electron chi connectivity index (χ4n) is 2.90. The molecule has 2 unspecified atom stereocenters. The second-order valence-electron chi connectivity index (χ2n) is 6.88. The SMILES string of the molecule is NN=Cc1ccc(OC(=O)C(CCS(=O)(=O)c2ccccc2N)C(=O)C(N)CC=O)cc1. The van der Waals surface area contributed by atoms with Crippen molar-refractivity contribution in [2.24, 2.45) is 22.6 Å². The molecule has 2 atom stereocenters. The maximum Gasteiger partial charge on any atom is 0.321 e. The van der Waals surface area contributed by atoms with Crippen LogP contribution >= 0.6 is 0 Å². The van der Waals surface area contributed by atoms with E-state index in [0.29, 0.717) is 11.8 Å². The number of sulfone groups is 1. The fourth-order valence-corrected chi connectivity index (χ4v) is 4.38. The number of anilines is 1. The molecule has 0 aliphatic rings. The van der Waals surface area contributed by atoms with Crippen LogP contribution in [0.1, 0.15) is 18.4 Å². The Balaban J connectivity index is 2.23. The molecule has 0 aliphatic carbocycles. The summed E-state index contributed by atoms with van der Waals surface area (Å²) in [7, 11) is -3.90. The van der Waals surface area contributed by atoms with Crippen LogP contribution in [0.5, 0.6) is 5.75 Å². The van der Waals surface area contributed by atoms with Crippen molar-refractivity contribution in [3.05, 3.63) is 54.1 Å². The molecule has 2 aromatic rings. The van der Waals surface area contributed by atoms with Crippen LogP contribution in [0, 0.1) is 5.92 Å². The second kappa shape index (κ2) is 11.2. The Morgan fingerprint density at radius 1 is 1.09 bits per heavy atom. The van der Waals surface area contributed by atoms with Gasteiger partial charge in [-0.3, -0.25) is 9.59 Å². The van der Waals surface area contributed by atoms with E-state index in [4.69, 9.17) is 22.0 Å². The first-order chi connectivity index (χ1) is 15.2. The van der Waals surface area contributed by atoms with Crippen molar-refractivity contribution in [3.8, 4) is 5.75 Å². The number of hydrogen-bond donors (Lipinski definition) is 3. The lowest BCUT2D eigenvalue weighted by Gasteiger charge is -2.18. The first-order valence-corrected chi connectivity index (χ1v) is 11.2. The van der Waals surface area contributed by atoms with Gasteiger partial charge >= 0.3 is 5.97 Å². The average Bonchev–Trinajstić information content (AvgIpc) is 2.75. The summed E-state index contributed by atoms with van der Waals surface area (Å²) in [6.45, 7) is 0. The quantitative estimate of drug-likeness (QED) is 0.0625. The van der Waals surface area contributed by atoms with E-state index in [1.807, 2.05) is 0 Å². The summed E-state index contributed by atoms with van der Waals surface area (Å²) < 4.78 is 30.7. The van der Waals surface area contributed by atoms with Crippen LogP contribution < -0.4 is 22.0 Å². The molecule has 0 saturated carbocycles. The van der Waals surface area contributed by atoms with Crippen LogP contribution in [0.15, 0.2) is 58.5 Å². The highest BCUT2D eigenvalue weighted by Gasteiger charge is 2.34. The van der Waals surface area contributed by atoms with Crippen LogP contribution in [0.25, 0.3) is 0 Å². The van der Waals surface area contributed by atoms with Crippen molar-refractivity contribution in [2.45, 2.75) is 23.8 Å². The molecule has 6 N–H and O–H groups in total. The minimum Gasteiger partial charge on any atom is -0.426 e. The average molecular weight is 461 g/mol. The number of ether oxygens (including phenoxy) is 1. The molecule has 0 fully saturated rings. The number of ketones is 1. The molecule has 11 heteroatoms. The smallest absolute Gasteiger partial charge is 0.321 e. The summed E-state index contributed by atoms with van der Waals surface area (Å²) in [6.07, 6.45) is 1.13. The van der Waals surface area contributed by atoms with Gasteiger partial charge in [-0.1, -0.05) is 12.1 Å². The molecular weight excluding hydrogens is 436 g/mol. The van der Waals surface area contributed by atoms with Gasteiger partial charge in [0.05, 0.1) is 28.6 Å². The van der Waals surface area contributed by atoms with Crippen LogP contribution in [-0.4, -0.2) is 44.5 Å². The normalized spacial score (nSPS) is 13.4. The minimum atomic E-state index is -3.90. The van der Waals surface area contributed by atoms with E-state index in [1.165, 1.54) is 36.5 Å². The van der Waals surface area contributed by atoms with E-state index in [2.05, 4.69) is 5.10 Å². The maximum atomic E-state index is 12.7. The molecule has 32 heavy (non-hydrogen) atoms. The zero-order valence-corrected chi connectivity index (χ0v) is 17.9. The first-order valence-electron chi connectivity index (χ1n) is 9.54. The van der Waals surface area contributed by atoms with E-state index in [1.54, 1.807) is 18.2 Å². The van der Waals surface area contributed by atoms with Crippen LogP contribution in [0.2, 0.25) is 0 Å². The molecule has 2 aromatic carbocycles. The molecule has 0 saturated heterocycles. The summed E-state index contributed by atoms with van der Waals surface area (Å²) in [4.78, 5) is 36.1. The van der Waals surface area contributed by atoms with Crippen molar-refractivity contribution in [2.75, 3.05) is 11.5 Å². The first kappa shape index (κ1) is 24.7. The van der Waals surface area contributed by atoms with Gasteiger partial charge in [0.2, 0.25) is 0 Å². The number of aldehydes is 1. The number of esters is 1. The third kappa shape index (κ3) is 6.46. The van der Waals surface area contributed by atoms with Crippen LogP contribution in [0.3, 0.4) is 0 Å². The number of nitrogens with two attached hydrogens (primary N) is 3. The predicted molar refractivity (Wildman–Crippen MR) is 119 cm³/mol. The lowest BCUT2D eigenvalue weighted by molar-refractivity contribution is -0.144. The highest BCUT2D eigenvalue weighted by molar-refractivity contribution is 7.91. The van der Waals surface area contributed by atoms with Crippen molar-refractivity contribution in [1.29, 1.82) is 0 Å². The number of para-hydroxylation sites is 1. The van der Waals surface area contributed by atoms with E-state index < -0.39 is 45.7 Å². The molecule has 0 aromatic heterocycles. The van der Waals surface area contributed by atoms with Gasteiger partial charge in [-0.2, -0.15) is 5.10 Å². The van der Waals surface area contributed by atoms with Crippen LogP contribution in [-0.2, 0) is 24.2 Å². The molecule has 10 nitrogen and oxygen atoms in total. The van der Waals surface area contributed by atoms with E-state index >= 15 is 0 Å². The highest BCUT2D eigenvalue weighted by Crippen LogP contribution is 2.23. The van der Waals surface area contributed by atoms with Gasteiger partial charge in [-0.25, -0.2) is 8.42 Å². The summed E-state index contributed by atoms with van der Waals surface area (Å²) in [5, 5.41) is 3.38. The van der Waals surface area contributed by atoms with Gasteiger partial charge in [0.1, 0.15) is 18.0 Å². The summed E-state index contributed by atoms with van der Waals surface area (Å²) in [6, 6.07) is 10.7. The molecule has 0 bridgehead atoms. The predicted octanol–water partition coefficient (Wildman–Crippen LogP) is 0.432. The number of benzene rings is 2. The summed E-state index contributed by atoms with van der Waals surface area (Å²) in [5.41, 5.74) is 12.2. The van der Waals surface area contributed by atoms with Gasteiger partial charge < -0.3 is 26.8 Å². The number of nitrogens with zero attached hydrogens (tertiary/aromatic N) is 1. The fraction of sp³-hybridized carbons (Fsp3) is 0.238. The summed E-state index contributed by atoms with van der Waals surface area (Å²) in [5.74, 6) is 1.40. The Hall–Kier alpha value is -3.57. The molecule has 0 aliphatic heterocycles. The highest BCUT2D eigenvalue weighted by atomic mass is 32.2. The Kier molecular flexibility index (Phi) is 8.62. The van der Waals surface area contributed by atoms with E-state index in [0.717, 1.165) is 0 Å². The Morgan fingerprint density at radius 2 is 1.75 bits per heavy atom. The number of rotatable bonds is 11. The molecule has 0 amide bonds. The van der Waals surface area contributed by atoms with Gasteiger partial charge in [0.25, 0.3) is 0 Å². The zero-order valence-electron chi connectivity index (χ0n) is 17.1. The zero-order chi connectivity index (χ0) is 23.7. The topological polar surface area (TPSA) is 185 Å². The molecule has 170 valence electrons. The molecule has 0 radical (unpaired) electrons. The number of carbonyl (C=O) groups excluding carboxylic acids is 3. The van der Waals surface area contributed by atoms with Gasteiger partial charge in [-0.15, -0.1) is 0 Å². The third-order valence-electron chi connectivity index (χ3n) is 4.60. The molecule has 2 rings (SSSR count). The molecule has 0 heterocycles.